The zero-order valence-electron chi connectivity index (χ0n) is 11.7. The average Bonchev–Trinajstić information content (AvgIpc) is 2.78. The zero-order valence-corrected chi connectivity index (χ0v) is 13.3. The van der Waals surface area contributed by atoms with Crippen molar-refractivity contribution in [2.24, 2.45) is 0 Å². The van der Waals surface area contributed by atoms with E-state index in [9.17, 15) is 5.11 Å². The zero-order chi connectivity index (χ0) is 14.5. The van der Waals surface area contributed by atoms with Crippen molar-refractivity contribution in [3.8, 4) is 0 Å². The molecule has 0 spiro atoms. The summed E-state index contributed by atoms with van der Waals surface area (Å²) in [4.78, 5) is 6.34. The van der Waals surface area contributed by atoms with Crippen LogP contribution in [0.25, 0.3) is 0 Å². The van der Waals surface area contributed by atoms with Crippen molar-refractivity contribution in [2.45, 2.75) is 19.1 Å². The molecule has 108 valence electrons. The molecule has 1 atom stereocenters. The van der Waals surface area contributed by atoms with Gasteiger partial charge in [0.1, 0.15) is 6.10 Å². The van der Waals surface area contributed by atoms with Gasteiger partial charge in [-0.15, -0.1) is 0 Å². The van der Waals surface area contributed by atoms with Crippen LogP contribution in [0.15, 0.2) is 35.1 Å². The van der Waals surface area contributed by atoms with Gasteiger partial charge in [-0.2, -0.15) is 5.10 Å². The van der Waals surface area contributed by atoms with Crippen LogP contribution in [-0.2, 0) is 13.0 Å². The van der Waals surface area contributed by atoms with Crippen molar-refractivity contribution in [2.75, 3.05) is 20.6 Å². The molecule has 1 unspecified atom stereocenters. The molecule has 0 saturated carbocycles. The molecule has 20 heavy (non-hydrogen) atoms. The molecule has 0 saturated heterocycles. The highest BCUT2D eigenvalue weighted by Crippen LogP contribution is 2.25. The highest BCUT2D eigenvalue weighted by Gasteiger charge is 2.18. The third-order valence-electron chi connectivity index (χ3n) is 3.04. The number of pyridine rings is 1. The molecule has 0 aliphatic carbocycles. The third-order valence-corrected chi connectivity index (χ3v) is 3.65. The SMILES string of the molecule is CN(C)CCn1ncc(Br)c1C(O)Cc1ccccn1. The van der Waals surface area contributed by atoms with Gasteiger partial charge in [0.05, 0.1) is 22.9 Å². The summed E-state index contributed by atoms with van der Waals surface area (Å²) in [6, 6.07) is 5.71. The second-order valence-corrected chi connectivity index (χ2v) is 5.80. The molecule has 5 nitrogen and oxygen atoms in total. The lowest BCUT2D eigenvalue weighted by atomic mass is 10.1. The lowest BCUT2D eigenvalue weighted by Gasteiger charge is -2.16. The van der Waals surface area contributed by atoms with Crippen LogP contribution in [0.3, 0.4) is 0 Å². The predicted octanol–water partition coefficient (Wildman–Crippen LogP) is 1.88. The van der Waals surface area contributed by atoms with Crippen LogP contribution in [-0.4, -0.2) is 45.4 Å². The van der Waals surface area contributed by atoms with Gasteiger partial charge in [-0.05, 0) is 42.2 Å². The molecule has 2 aromatic heterocycles. The number of hydrogen-bond donors (Lipinski definition) is 1. The number of rotatable bonds is 6. The van der Waals surface area contributed by atoms with E-state index in [1.165, 1.54) is 0 Å². The lowest BCUT2D eigenvalue weighted by molar-refractivity contribution is 0.163. The van der Waals surface area contributed by atoms with E-state index in [2.05, 4.69) is 30.9 Å². The van der Waals surface area contributed by atoms with Crippen LogP contribution in [0.4, 0.5) is 0 Å². The average molecular weight is 339 g/mol. The topological polar surface area (TPSA) is 54.2 Å². The van der Waals surface area contributed by atoms with Crippen molar-refractivity contribution in [1.29, 1.82) is 0 Å². The Balaban J connectivity index is 2.12. The van der Waals surface area contributed by atoms with E-state index >= 15 is 0 Å². The molecule has 0 aliphatic rings. The minimum Gasteiger partial charge on any atom is -0.386 e. The van der Waals surface area contributed by atoms with Crippen LogP contribution in [0.1, 0.15) is 17.5 Å². The van der Waals surface area contributed by atoms with Crippen molar-refractivity contribution in [1.82, 2.24) is 19.7 Å². The first-order valence-electron chi connectivity index (χ1n) is 6.52. The first kappa shape index (κ1) is 15.2. The van der Waals surface area contributed by atoms with Gasteiger partial charge in [-0.25, -0.2) is 0 Å². The van der Waals surface area contributed by atoms with Crippen LogP contribution in [0, 0.1) is 0 Å². The van der Waals surface area contributed by atoms with Crippen molar-refractivity contribution in [3.05, 3.63) is 46.5 Å². The van der Waals surface area contributed by atoms with Crippen LogP contribution in [0.2, 0.25) is 0 Å². The quantitative estimate of drug-likeness (QED) is 0.873. The summed E-state index contributed by atoms with van der Waals surface area (Å²) in [5, 5.41) is 14.8. The van der Waals surface area contributed by atoms with Gasteiger partial charge >= 0.3 is 0 Å². The van der Waals surface area contributed by atoms with E-state index < -0.39 is 6.10 Å². The smallest absolute Gasteiger partial charge is 0.102 e. The molecule has 0 fully saturated rings. The Bertz CT molecular complexity index is 541. The Morgan fingerprint density at radius 2 is 2.20 bits per heavy atom. The van der Waals surface area contributed by atoms with Crippen LogP contribution >= 0.6 is 15.9 Å². The van der Waals surface area contributed by atoms with Crippen LogP contribution in [0.5, 0.6) is 0 Å². The molecule has 1 N–H and O–H groups in total. The van der Waals surface area contributed by atoms with E-state index in [1.807, 2.05) is 37.0 Å². The van der Waals surface area contributed by atoms with E-state index in [0.29, 0.717) is 6.42 Å². The molecular weight excluding hydrogens is 320 g/mol. The Kier molecular flexibility index (Phi) is 5.28. The fraction of sp³-hybridized carbons (Fsp3) is 0.429. The van der Waals surface area contributed by atoms with Gasteiger partial charge in [0.15, 0.2) is 0 Å². The minimum atomic E-state index is -0.621. The summed E-state index contributed by atoms with van der Waals surface area (Å²) in [7, 11) is 4.03. The summed E-state index contributed by atoms with van der Waals surface area (Å²) in [6.07, 6.45) is 3.32. The molecule has 2 aromatic rings. The lowest BCUT2D eigenvalue weighted by Crippen LogP contribution is -2.21. The Hall–Kier alpha value is -1.24. The second-order valence-electron chi connectivity index (χ2n) is 4.95. The first-order chi connectivity index (χ1) is 9.58. The first-order valence-corrected chi connectivity index (χ1v) is 7.31. The molecule has 6 heteroatoms. The number of aromatic nitrogens is 3. The maximum atomic E-state index is 10.4. The Labute approximate surface area is 127 Å². The van der Waals surface area contributed by atoms with Crippen molar-refractivity contribution >= 4 is 15.9 Å². The monoisotopic (exact) mass is 338 g/mol. The highest BCUT2D eigenvalue weighted by molar-refractivity contribution is 9.10. The van der Waals surface area contributed by atoms with Gasteiger partial charge in [-0.3, -0.25) is 9.67 Å². The van der Waals surface area contributed by atoms with Gasteiger partial charge in [-0.1, -0.05) is 6.07 Å². The Morgan fingerprint density at radius 3 is 2.85 bits per heavy atom. The van der Waals surface area contributed by atoms with E-state index in [-0.39, 0.29) is 0 Å². The largest absolute Gasteiger partial charge is 0.386 e. The fourth-order valence-electron chi connectivity index (χ4n) is 1.99. The molecule has 2 rings (SSSR count). The van der Waals surface area contributed by atoms with Gasteiger partial charge in [0, 0.05) is 24.9 Å². The summed E-state index contributed by atoms with van der Waals surface area (Å²) in [6.45, 7) is 1.62. The van der Waals surface area contributed by atoms with Gasteiger partial charge in [0.25, 0.3) is 0 Å². The standard InChI is InChI=1S/C14H19BrN4O/c1-18(2)7-8-19-14(12(15)10-17-19)13(20)9-11-5-3-4-6-16-11/h3-6,10,13,20H,7-9H2,1-2H3. The molecule has 2 heterocycles. The van der Waals surface area contributed by atoms with Crippen molar-refractivity contribution < 1.29 is 5.11 Å². The molecule has 0 amide bonds. The van der Waals surface area contributed by atoms with E-state index in [4.69, 9.17) is 0 Å². The minimum absolute atomic E-state index is 0.479. The molecule has 0 aromatic carbocycles. The molecular formula is C14H19BrN4O. The van der Waals surface area contributed by atoms with E-state index in [0.717, 1.165) is 29.0 Å². The van der Waals surface area contributed by atoms with Crippen molar-refractivity contribution in [3.63, 3.8) is 0 Å². The maximum Gasteiger partial charge on any atom is 0.102 e. The summed E-state index contributed by atoms with van der Waals surface area (Å²) < 4.78 is 2.68. The highest BCUT2D eigenvalue weighted by atomic mass is 79.9. The van der Waals surface area contributed by atoms with Gasteiger partial charge < -0.3 is 10.0 Å². The fourth-order valence-corrected chi connectivity index (χ4v) is 2.55. The number of hydrogen-bond acceptors (Lipinski definition) is 4. The van der Waals surface area contributed by atoms with E-state index in [1.54, 1.807) is 12.4 Å². The Morgan fingerprint density at radius 1 is 1.40 bits per heavy atom. The number of aliphatic hydroxyl groups excluding tert-OH is 1. The predicted molar refractivity (Wildman–Crippen MR) is 81.4 cm³/mol. The molecule has 0 bridgehead atoms. The number of nitrogens with zero attached hydrogens (tertiary/aromatic N) is 4. The van der Waals surface area contributed by atoms with Gasteiger partial charge in [0.2, 0.25) is 0 Å². The maximum absolute atomic E-state index is 10.4. The summed E-state index contributed by atoms with van der Waals surface area (Å²) >= 11 is 3.46. The number of halogens is 1. The summed E-state index contributed by atoms with van der Waals surface area (Å²) in [5.41, 5.74) is 1.67. The summed E-state index contributed by atoms with van der Waals surface area (Å²) in [5.74, 6) is 0. The molecule has 0 aliphatic heterocycles. The normalized spacial score (nSPS) is 12.8. The second kappa shape index (κ2) is 6.97. The third kappa shape index (κ3) is 3.88. The number of aliphatic hydroxyl groups is 1. The molecule has 0 radical (unpaired) electrons. The number of likely N-dealkylation sites (N-methyl/N-ethyl adjacent to an activating group) is 1. The van der Waals surface area contributed by atoms with Crippen LogP contribution < -0.4 is 0 Å².